The lowest BCUT2D eigenvalue weighted by molar-refractivity contribution is -0.144. The van der Waals surface area contributed by atoms with E-state index in [1.54, 1.807) is 26.8 Å². The van der Waals surface area contributed by atoms with Crippen molar-refractivity contribution in [3.63, 3.8) is 0 Å². The van der Waals surface area contributed by atoms with Crippen LogP contribution in [0.1, 0.15) is 31.9 Å². The molecule has 2 unspecified atom stereocenters. The topological polar surface area (TPSA) is 75.6 Å². The van der Waals surface area contributed by atoms with Crippen LogP contribution in [0.4, 0.5) is 22.0 Å². The van der Waals surface area contributed by atoms with Crippen LogP contribution in [0.2, 0.25) is 0 Å². The maximum Gasteiger partial charge on any atom is 0.416 e. The molecule has 3 rings (SSSR count). The number of carboxylic acid groups (broad SMARTS) is 1. The molecule has 0 bridgehead atoms. The highest BCUT2D eigenvalue weighted by atomic mass is 32.2. The average molecular weight is 518 g/mol. The quantitative estimate of drug-likeness (QED) is 0.465. The number of carboxylic acids is 1. The Bertz CT molecular complexity index is 1070. The third-order valence-corrected chi connectivity index (χ3v) is 6.82. The smallest absolute Gasteiger partial charge is 0.416 e. The molecule has 0 aromatic heterocycles. The zero-order valence-electron chi connectivity index (χ0n) is 19.0. The zero-order valence-corrected chi connectivity index (χ0v) is 19.8. The summed E-state index contributed by atoms with van der Waals surface area (Å²) in [4.78, 5) is 24.6. The van der Waals surface area contributed by atoms with E-state index in [9.17, 15) is 36.6 Å². The Morgan fingerprint density at radius 1 is 1.14 bits per heavy atom. The highest BCUT2D eigenvalue weighted by Crippen LogP contribution is 2.46. The van der Waals surface area contributed by atoms with Gasteiger partial charge in [-0.15, -0.1) is 11.8 Å². The number of hydrogen-bond donors (Lipinski definition) is 2. The summed E-state index contributed by atoms with van der Waals surface area (Å²) in [6.45, 7) is 4.70. The van der Waals surface area contributed by atoms with Crippen molar-refractivity contribution >= 4 is 23.6 Å². The first-order chi connectivity index (χ1) is 16.2. The molecular weight excluding hydrogens is 493 g/mol. The van der Waals surface area contributed by atoms with Gasteiger partial charge in [0.1, 0.15) is 18.4 Å². The second-order valence-corrected chi connectivity index (χ2v) is 10.5. The Labute approximate surface area is 203 Å². The van der Waals surface area contributed by atoms with Gasteiger partial charge in [0, 0.05) is 10.2 Å². The van der Waals surface area contributed by atoms with Crippen LogP contribution in [0.5, 0.6) is 0 Å². The molecule has 0 saturated heterocycles. The molecule has 0 saturated carbocycles. The van der Waals surface area contributed by atoms with E-state index in [-0.39, 0.29) is 22.8 Å². The number of allylic oxidation sites excluding steroid dienone is 2. The van der Waals surface area contributed by atoms with Crippen molar-refractivity contribution in [3.05, 3.63) is 69.9 Å². The summed E-state index contributed by atoms with van der Waals surface area (Å²) in [5, 5.41) is 11.5. The molecule has 1 aromatic carbocycles. The highest BCUT2D eigenvalue weighted by molar-refractivity contribution is 8.04. The number of fused-ring (bicyclic) bond motifs is 1. The van der Waals surface area contributed by atoms with E-state index in [4.69, 9.17) is 4.74 Å². The molecule has 190 valence electrons. The first-order valence-electron chi connectivity index (χ1n) is 10.6. The number of aliphatic carboxylic acids is 1. The summed E-state index contributed by atoms with van der Waals surface area (Å²) in [5.74, 6) is -2.67. The Balaban J connectivity index is 1.92. The molecule has 5 nitrogen and oxygen atoms in total. The van der Waals surface area contributed by atoms with Crippen molar-refractivity contribution in [1.82, 2.24) is 5.32 Å². The molecule has 11 heteroatoms. The fraction of sp³-hybridized carbons (Fsp3) is 0.417. The number of ether oxygens (including phenoxy) is 1. The number of benzene rings is 1. The van der Waals surface area contributed by atoms with Crippen LogP contribution in [0.3, 0.4) is 0 Å². The van der Waals surface area contributed by atoms with Gasteiger partial charge in [0.25, 0.3) is 12.3 Å². The second-order valence-electron chi connectivity index (χ2n) is 9.21. The molecule has 2 aliphatic rings. The van der Waals surface area contributed by atoms with Gasteiger partial charge >= 0.3 is 12.1 Å². The summed E-state index contributed by atoms with van der Waals surface area (Å²) in [7, 11) is 0. The maximum absolute atomic E-state index is 13.3. The first-order valence-corrected chi connectivity index (χ1v) is 11.5. The summed E-state index contributed by atoms with van der Waals surface area (Å²) < 4.78 is 71.0. The average Bonchev–Trinajstić information content (AvgIpc) is 3.19. The van der Waals surface area contributed by atoms with Gasteiger partial charge in [-0.3, -0.25) is 4.79 Å². The van der Waals surface area contributed by atoms with Gasteiger partial charge in [0.2, 0.25) is 0 Å². The number of alkyl halides is 5. The Morgan fingerprint density at radius 3 is 2.29 bits per heavy atom. The third kappa shape index (κ3) is 6.25. The SMILES string of the molecule is CC(C)(C)[C@H](NC(=O)C1=C(OCc2ccc(C(F)(F)F)cc2)C2C=C(C(F)F)SC2C=C1)C(=O)O. The van der Waals surface area contributed by atoms with Crippen molar-refractivity contribution in [2.75, 3.05) is 0 Å². The monoisotopic (exact) mass is 517 g/mol. The Morgan fingerprint density at radius 2 is 1.77 bits per heavy atom. The minimum Gasteiger partial charge on any atom is -0.492 e. The number of rotatable bonds is 7. The number of amides is 1. The third-order valence-electron chi connectivity index (χ3n) is 5.51. The Hall–Kier alpha value is -2.82. The first kappa shape index (κ1) is 26.8. The molecule has 2 N–H and O–H groups in total. The van der Waals surface area contributed by atoms with Crippen LogP contribution in [0, 0.1) is 11.3 Å². The van der Waals surface area contributed by atoms with Crippen molar-refractivity contribution in [2.24, 2.45) is 11.3 Å². The largest absolute Gasteiger partial charge is 0.492 e. The maximum atomic E-state index is 13.3. The van der Waals surface area contributed by atoms with Crippen LogP contribution in [-0.2, 0) is 27.1 Å². The molecule has 1 aliphatic carbocycles. The van der Waals surface area contributed by atoms with Gasteiger partial charge < -0.3 is 15.2 Å². The van der Waals surface area contributed by atoms with Crippen LogP contribution >= 0.6 is 11.8 Å². The minimum atomic E-state index is -4.50. The van der Waals surface area contributed by atoms with E-state index in [0.29, 0.717) is 5.56 Å². The fourth-order valence-electron chi connectivity index (χ4n) is 3.67. The molecule has 1 amide bonds. The minimum absolute atomic E-state index is 0.0268. The second kappa shape index (κ2) is 10.0. The summed E-state index contributed by atoms with van der Waals surface area (Å²) in [6.07, 6.45) is -2.94. The summed E-state index contributed by atoms with van der Waals surface area (Å²) >= 11 is 0.929. The van der Waals surface area contributed by atoms with E-state index in [2.05, 4.69) is 5.32 Å². The van der Waals surface area contributed by atoms with E-state index >= 15 is 0 Å². The molecule has 1 heterocycles. The molecule has 0 fully saturated rings. The van der Waals surface area contributed by atoms with Gasteiger partial charge in [-0.25, -0.2) is 13.6 Å². The number of halogens is 5. The van der Waals surface area contributed by atoms with Crippen LogP contribution in [-0.4, -0.2) is 34.7 Å². The van der Waals surface area contributed by atoms with E-state index in [1.807, 2.05) is 0 Å². The molecule has 0 radical (unpaired) electrons. The number of nitrogens with one attached hydrogen (secondary N) is 1. The molecule has 35 heavy (non-hydrogen) atoms. The van der Waals surface area contributed by atoms with Crippen molar-refractivity contribution < 1.29 is 41.4 Å². The summed E-state index contributed by atoms with van der Waals surface area (Å²) in [6, 6.07) is 3.00. The molecule has 1 aromatic rings. The van der Waals surface area contributed by atoms with Crippen LogP contribution < -0.4 is 5.32 Å². The number of hydrogen-bond acceptors (Lipinski definition) is 4. The highest BCUT2D eigenvalue weighted by Gasteiger charge is 2.40. The van der Waals surface area contributed by atoms with Gasteiger partial charge in [0.15, 0.2) is 0 Å². The molecule has 0 spiro atoms. The summed E-state index contributed by atoms with van der Waals surface area (Å²) in [5.41, 5.74) is -1.31. The molecule has 3 atom stereocenters. The van der Waals surface area contributed by atoms with Gasteiger partial charge in [-0.2, -0.15) is 13.2 Å². The van der Waals surface area contributed by atoms with E-state index in [0.717, 1.165) is 23.9 Å². The normalized spacial score (nSPS) is 21.0. The number of carbonyl (C=O) groups is 2. The Kier molecular flexibility index (Phi) is 7.68. The van der Waals surface area contributed by atoms with Gasteiger partial charge in [-0.1, -0.05) is 45.1 Å². The van der Waals surface area contributed by atoms with Crippen LogP contribution in [0.25, 0.3) is 0 Å². The fourth-order valence-corrected chi connectivity index (χ4v) is 4.82. The van der Waals surface area contributed by atoms with Gasteiger partial charge in [-0.05, 0) is 29.2 Å². The van der Waals surface area contributed by atoms with Gasteiger partial charge in [0.05, 0.1) is 17.1 Å². The predicted molar refractivity (Wildman–Crippen MR) is 120 cm³/mol. The molecule has 1 aliphatic heterocycles. The number of carbonyl (C=O) groups excluding carboxylic acids is 1. The van der Waals surface area contributed by atoms with E-state index in [1.165, 1.54) is 24.3 Å². The van der Waals surface area contributed by atoms with Crippen LogP contribution in [0.15, 0.2) is 58.7 Å². The lowest BCUT2D eigenvalue weighted by Crippen LogP contribution is -2.49. The van der Waals surface area contributed by atoms with Crippen molar-refractivity contribution in [2.45, 2.75) is 51.3 Å². The molecular formula is C24H24F5NO4S. The predicted octanol–water partition coefficient (Wildman–Crippen LogP) is 5.54. The zero-order chi connectivity index (χ0) is 26.1. The lowest BCUT2D eigenvalue weighted by atomic mass is 9.86. The van der Waals surface area contributed by atoms with Crippen molar-refractivity contribution in [3.8, 4) is 0 Å². The van der Waals surface area contributed by atoms with Crippen molar-refractivity contribution in [1.29, 1.82) is 0 Å². The lowest BCUT2D eigenvalue weighted by Gasteiger charge is -2.30. The number of thioether (sulfide) groups is 1. The standard InChI is InChI=1S/C24H24F5NO4S/c1-23(2,3)19(22(32)33)30-21(31)14-8-9-16-15(10-17(35-16)20(25)26)18(14)34-11-12-4-6-13(7-5-12)24(27,28)29/h4-10,15-16,19-20H,11H2,1-3H3,(H,30,31)(H,32,33)/t15?,16?,19-/m1/s1. The van der Waals surface area contributed by atoms with E-state index < -0.39 is 52.7 Å².